The lowest BCUT2D eigenvalue weighted by molar-refractivity contribution is -0.137. The minimum absolute atomic E-state index is 0.0730. The fourth-order valence-electron chi connectivity index (χ4n) is 3.91. The minimum Gasteiger partial charge on any atom is -0.481 e. The number of carbonyl (C=O) groups is 1. The number of aromatic nitrogens is 3. The summed E-state index contributed by atoms with van der Waals surface area (Å²) in [5.41, 5.74) is 2.62. The van der Waals surface area contributed by atoms with Crippen LogP contribution in [0.1, 0.15) is 31.0 Å². The van der Waals surface area contributed by atoms with E-state index in [9.17, 15) is 9.18 Å². The number of hydrogen-bond acceptors (Lipinski definition) is 6. The van der Waals surface area contributed by atoms with Crippen molar-refractivity contribution in [3.63, 3.8) is 0 Å². The van der Waals surface area contributed by atoms with Crippen LogP contribution in [0.15, 0.2) is 55.0 Å². The molecule has 1 atom stereocenters. The highest BCUT2D eigenvalue weighted by Gasteiger charge is 2.32. The van der Waals surface area contributed by atoms with Crippen molar-refractivity contribution >= 4 is 11.9 Å². The number of rotatable bonds is 6. The highest BCUT2D eigenvalue weighted by molar-refractivity contribution is 5.79. The van der Waals surface area contributed by atoms with Gasteiger partial charge >= 0.3 is 0 Å². The van der Waals surface area contributed by atoms with Crippen LogP contribution in [0, 0.1) is 5.82 Å². The number of ether oxygens (including phenoxy) is 1. The third kappa shape index (κ3) is 4.69. The first-order chi connectivity index (χ1) is 15.5. The number of pyridine rings is 1. The second-order valence-electron chi connectivity index (χ2n) is 7.92. The lowest BCUT2D eigenvalue weighted by Gasteiger charge is -2.36. The van der Waals surface area contributed by atoms with Crippen LogP contribution in [0.5, 0.6) is 5.75 Å². The van der Waals surface area contributed by atoms with Crippen molar-refractivity contribution in [2.45, 2.75) is 25.3 Å². The van der Waals surface area contributed by atoms with Crippen molar-refractivity contribution in [2.75, 3.05) is 32.1 Å². The molecule has 0 unspecified atom stereocenters. The number of hydrogen-bond donors (Lipinski definition) is 0. The van der Waals surface area contributed by atoms with Gasteiger partial charge in [0, 0.05) is 44.8 Å². The summed E-state index contributed by atoms with van der Waals surface area (Å²) in [6.45, 7) is 0.370. The molecule has 166 valence electrons. The van der Waals surface area contributed by atoms with Crippen molar-refractivity contribution in [2.24, 2.45) is 0 Å². The summed E-state index contributed by atoms with van der Waals surface area (Å²) in [5, 5.41) is 0. The molecule has 1 aliphatic rings. The third-order valence-corrected chi connectivity index (χ3v) is 5.52. The number of para-hydroxylation sites is 1. The largest absolute Gasteiger partial charge is 0.481 e. The second-order valence-corrected chi connectivity index (χ2v) is 7.92. The van der Waals surface area contributed by atoms with Gasteiger partial charge in [0.1, 0.15) is 0 Å². The van der Waals surface area contributed by atoms with E-state index in [1.165, 1.54) is 12.1 Å². The fourth-order valence-corrected chi connectivity index (χ4v) is 3.91. The van der Waals surface area contributed by atoms with Crippen LogP contribution in [0.4, 0.5) is 10.3 Å². The van der Waals surface area contributed by atoms with E-state index in [0.717, 1.165) is 36.1 Å². The zero-order chi connectivity index (χ0) is 22.5. The molecule has 1 aliphatic heterocycles. The highest BCUT2D eigenvalue weighted by Crippen LogP contribution is 2.36. The van der Waals surface area contributed by atoms with Gasteiger partial charge in [-0.25, -0.2) is 14.4 Å². The van der Waals surface area contributed by atoms with E-state index >= 15 is 0 Å². The summed E-state index contributed by atoms with van der Waals surface area (Å²) < 4.78 is 19.4. The molecule has 3 heterocycles. The van der Waals surface area contributed by atoms with Crippen molar-refractivity contribution < 1.29 is 13.9 Å². The maximum atomic E-state index is 13.9. The maximum Gasteiger partial charge on any atom is 0.261 e. The molecule has 1 fully saturated rings. The molecular formula is C24H26FN5O2. The molecule has 1 saturated heterocycles. The predicted octanol–water partition coefficient (Wildman–Crippen LogP) is 3.88. The first-order valence-corrected chi connectivity index (χ1v) is 10.7. The Morgan fingerprint density at radius 2 is 1.97 bits per heavy atom. The van der Waals surface area contributed by atoms with Crippen LogP contribution < -0.4 is 9.64 Å². The van der Waals surface area contributed by atoms with E-state index in [1.54, 1.807) is 35.6 Å². The Morgan fingerprint density at radius 1 is 1.19 bits per heavy atom. The molecule has 8 heteroatoms. The number of likely N-dealkylation sites (tertiary alicyclic amines) is 1. The van der Waals surface area contributed by atoms with Crippen LogP contribution in [0.2, 0.25) is 0 Å². The van der Waals surface area contributed by atoms with Gasteiger partial charge in [0.2, 0.25) is 5.95 Å². The Balaban J connectivity index is 1.65. The number of nitrogens with zero attached hydrogens (tertiary/aromatic N) is 5. The average Bonchev–Trinajstić information content (AvgIpc) is 2.83. The number of halogens is 1. The van der Waals surface area contributed by atoms with Crippen molar-refractivity contribution in [3.05, 3.63) is 66.5 Å². The Hall–Kier alpha value is -3.55. The van der Waals surface area contributed by atoms with E-state index in [-0.39, 0.29) is 24.3 Å². The maximum absolute atomic E-state index is 13.9. The third-order valence-electron chi connectivity index (χ3n) is 5.52. The molecule has 1 aromatic carbocycles. The summed E-state index contributed by atoms with van der Waals surface area (Å²) in [6, 6.07) is 9.70. The van der Waals surface area contributed by atoms with Gasteiger partial charge in [0.25, 0.3) is 5.91 Å². The van der Waals surface area contributed by atoms with Crippen LogP contribution >= 0.6 is 0 Å². The number of anilines is 1. The number of carbonyl (C=O) groups excluding carboxylic acids is 1. The van der Waals surface area contributed by atoms with Gasteiger partial charge in [-0.1, -0.05) is 12.1 Å². The molecule has 0 aliphatic carbocycles. The first kappa shape index (κ1) is 21.7. The topological polar surface area (TPSA) is 71.5 Å². The molecule has 4 rings (SSSR count). The van der Waals surface area contributed by atoms with Gasteiger partial charge < -0.3 is 14.5 Å². The lowest BCUT2D eigenvalue weighted by Crippen LogP contribution is -2.41. The Morgan fingerprint density at radius 3 is 2.72 bits per heavy atom. The quantitative estimate of drug-likeness (QED) is 0.585. The smallest absolute Gasteiger partial charge is 0.261 e. The van der Waals surface area contributed by atoms with E-state index in [4.69, 9.17) is 9.72 Å². The van der Waals surface area contributed by atoms with E-state index in [1.807, 2.05) is 31.1 Å². The highest BCUT2D eigenvalue weighted by atomic mass is 19.1. The van der Waals surface area contributed by atoms with Crippen LogP contribution in [0.3, 0.4) is 0 Å². The number of amides is 1. The molecule has 0 N–H and O–H groups in total. The van der Waals surface area contributed by atoms with Crippen LogP contribution in [-0.2, 0) is 4.79 Å². The standard InChI is InChI=1S/C24H26FN5O2/c1-29(2)24-27-15-18(17-10-12-26-13-11-17)23(28-24)20-8-5-6-14-30(20)22(31)16-32-21-9-4-3-7-19(21)25/h3-4,7,9-13,15,20H,5-6,8,14,16H2,1-2H3/t20-/m0/s1. The monoisotopic (exact) mass is 435 g/mol. The fraction of sp³-hybridized carbons (Fsp3) is 0.333. The molecule has 2 aromatic heterocycles. The molecule has 1 amide bonds. The number of piperidine rings is 1. The van der Waals surface area contributed by atoms with Gasteiger partial charge in [0.05, 0.1) is 11.7 Å². The molecule has 0 spiro atoms. The first-order valence-electron chi connectivity index (χ1n) is 10.7. The summed E-state index contributed by atoms with van der Waals surface area (Å²) in [6.07, 6.45) is 7.93. The summed E-state index contributed by atoms with van der Waals surface area (Å²) in [7, 11) is 3.77. The summed E-state index contributed by atoms with van der Waals surface area (Å²) in [4.78, 5) is 30.2. The van der Waals surface area contributed by atoms with Gasteiger partial charge in [-0.05, 0) is 49.1 Å². The van der Waals surface area contributed by atoms with Gasteiger partial charge in [-0.2, -0.15) is 0 Å². The van der Waals surface area contributed by atoms with Crippen molar-refractivity contribution in [3.8, 4) is 16.9 Å². The molecule has 0 bridgehead atoms. The molecule has 7 nitrogen and oxygen atoms in total. The van der Waals surface area contributed by atoms with Crippen LogP contribution in [0.25, 0.3) is 11.1 Å². The zero-order valence-electron chi connectivity index (χ0n) is 18.2. The van der Waals surface area contributed by atoms with Gasteiger partial charge in [-0.3, -0.25) is 9.78 Å². The predicted molar refractivity (Wildman–Crippen MR) is 120 cm³/mol. The SMILES string of the molecule is CN(C)c1ncc(-c2ccncc2)c([C@@H]2CCCCN2C(=O)COc2ccccc2F)n1. The van der Waals surface area contributed by atoms with Crippen molar-refractivity contribution in [1.29, 1.82) is 0 Å². The average molecular weight is 436 g/mol. The van der Waals surface area contributed by atoms with E-state index in [2.05, 4.69) is 9.97 Å². The summed E-state index contributed by atoms with van der Waals surface area (Å²) >= 11 is 0. The Kier molecular flexibility index (Phi) is 6.58. The summed E-state index contributed by atoms with van der Waals surface area (Å²) in [5.74, 6) is -0.0206. The molecule has 3 aromatic rings. The normalized spacial score (nSPS) is 16.0. The molecule has 0 saturated carbocycles. The van der Waals surface area contributed by atoms with Crippen LogP contribution in [-0.4, -0.2) is 53.0 Å². The minimum atomic E-state index is -0.484. The van der Waals surface area contributed by atoms with Gasteiger partial charge in [-0.15, -0.1) is 0 Å². The lowest BCUT2D eigenvalue weighted by atomic mass is 9.94. The van der Waals surface area contributed by atoms with Crippen molar-refractivity contribution in [1.82, 2.24) is 19.9 Å². The molecular weight excluding hydrogens is 409 g/mol. The zero-order valence-corrected chi connectivity index (χ0v) is 18.2. The van der Waals surface area contributed by atoms with Gasteiger partial charge in [0.15, 0.2) is 18.2 Å². The second kappa shape index (κ2) is 9.72. The Labute approximate surface area is 186 Å². The Bertz CT molecular complexity index is 1080. The molecule has 0 radical (unpaired) electrons. The molecule has 32 heavy (non-hydrogen) atoms. The van der Waals surface area contributed by atoms with E-state index < -0.39 is 5.82 Å². The van der Waals surface area contributed by atoms with E-state index in [0.29, 0.717) is 12.5 Å². The number of benzene rings is 1.